The highest BCUT2D eigenvalue weighted by Gasteiger charge is 2.33. The Morgan fingerprint density at radius 2 is 2.04 bits per heavy atom. The standard InChI is InChI=1S/C21H21N3O2/c1-5-21(4,15-11-10-13(2)26-12-15)24-20(22)23-18-14(3)19(25)17-9-7-6-8-16(17)18/h1,6-11,14H,12H2,2-4H3,(H2,22,24)/b23-18+. The number of terminal acetylenes is 1. The third kappa shape index (κ3) is 3.06. The topological polar surface area (TPSA) is 77.0 Å². The number of nitrogens with two attached hydrogens (primary N) is 1. The van der Waals surface area contributed by atoms with E-state index in [2.05, 4.69) is 15.9 Å². The van der Waals surface area contributed by atoms with Crippen molar-refractivity contribution in [2.75, 3.05) is 6.61 Å². The minimum atomic E-state index is -0.962. The summed E-state index contributed by atoms with van der Waals surface area (Å²) in [6.45, 7) is 5.84. The van der Waals surface area contributed by atoms with Crippen molar-refractivity contribution < 1.29 is 9.53 Å². The Kier molecular flexibility index (Phi) is 4.52. The fraction of sp³-hybridized carbons (Fsp3) is 0.286. The van der Waals surface area contributed by atoms with Crippen LogP contribution in [0.2, 0.25) is 0 Å². The number of guanidine groups is 1. The van der Waals surface area contributed by atoms with Crippen molar-refractivity contribution >= 4 is 17.5 Å². The van der Waals surface area contributed by atoms with Crippen LogP contribution in [-0.4, -0.2) is 29.6 Å². The van der Waals surface area contributed by atoms with E-state index in [4.69, 9.17) is 16.9 Å². The van der Waals surface area contributed by atoms with Crippen molar-refractivity contribution in [2.45, 2.75) is 26.3 Å². The van der Waals surface area contributed by atoms with Crippen LogP contribution in [0.1, 0.15) is 36.7 Å². The number of hydrogen-bond acceptors (Lipinski definition) is 3. The Morgan fingerprint density at radius 1 is 1.35 bits per heavy atom. The summed E-state index contributed by atoms with van der Waals surface area (Å²) in [6, 6.07) is 7.38. The Hall–Kier alpha value is -3.13. The van der Waals surface area contributed by atoms with Crippen LogP contribution in [0.25, 0.3) is 0 Å². The molecule has 2 N–H and O–H groups in total. The summed E-state index contributed by atoms with van der Waals surface area (Å²) >= 11 is 0. The number of rotatable bonds is 2. The van der Waals surface area contributed by atoms with Gasteiger partial charge in [0, 0.05) is 16.7 Å². The van der Waals surface area contributed by atoms with Crippen LogP contribution in [0.4, 0.5) is 0 Å². The van der Waals surface area contributed by atoms with Gasteiger partial charge in [0.15, 0.2) is 5.78 Å². The molecule has 0 radical (unpaired) electrons. The van der Waals surface area contributed by atoms with Crippen molar-refractivity contribution in [3.8, 4) is 12.3 Å². The van der Waals surface area contributed by atoms with Crippen LogP contribution >= 0.6 is 0 Å². The lowest BCUT2D eigenvalue weighted by molar-refractivity contribution is 0.0968. The molecule has 2 atom stereocenters. The van der Waals surface area contributed by atoms with Crippen molar-refractivity contribution in [2.24, 2.45) is 21.6 Å². The maximum absolute atomic E-state index is 12.4. The number of hydrogen-bond donors (Lipinski definition) is 1. The molecule has 1 aromatic carbocycles. The first-order valence-corrected chi connectivity index (χ1v) is 8.41. The lowest BCUT2D eigenvalue weighted by Gasteiger charge is -2.25. The maximum Gasteiger partial charge on any atom is 0.217 e. The maximum atomic E-state index is 12.4. The highest BCUT2D eigenvalue weighted by atomic mass is 16.5. The molecule has 1 aliphatic heterocycles. The quantitative estimate of drug-likeness (QED) is 0.508. The Balaban J connectivity index is 1.99. The van der Waals surface area contributed by atoms with Gasteiger partial charge in [0.25, 0.3) is 0 Å². The summed E-state index contributed by atoms with van der Waals surface area (Å²) in [7, 11) is 0. The largest absolute Gasteiger partial charge is 0.494 e. The first-order chi connectivity index (χ1) is 12.4. The van der Waals surface area contributed by atoms with E-state index in [1.165, 1.54) is 0 Å². The summed E-state index contributed by atoms with van der Waals surface area (Å²) in [5.74, 6) is 3.22. The third-order valence-corrected chi connectivity index (χ3v) is 4.73. The number of ether oxygens (including phenoxy) is 1. The molecule has 1 aromatic rings. The van der Waals surface area contributed by atoms with Gasteiger partial charge in [-0.2, -0.15) is 0 Å². The number of nitrogens with zero attached hydrogens (tertiary/aromatic N) is 2. The number of Topliss-reactive ketones (excluding diaryl/α,β-unsaturated/α-hetero) is 1. The van der Waals surface area contributed by atoms with Crippen LogP contribution < -0.4 is 5.73 Å². The van der Waals surface area contributed by atoms with Crippen LogP contribution in [0, 0.1) is 18.3 Å². The predicted octanol–water partition coefficient (Wildman–Crippen LogP) is 2.88. The molecule has 26 heavy (non-hydrogen) atoms. The minimum Gasteiger partial charge on any atom is -0.494 e. The molecular weight excluding hydrogens is 326 g/mol. The summed E-state index contributed by atoms with van der Waals surface area (Å²) in [6.07, 6.45) is 9.47. The van der Waals surface area contributed by atoms with Crippen LogP contribution in [0.15, 0.2) is 57.7 Å². The molecule has 132 valence electrons. The molecule has 0 spiro atoms. The lowest BCUT2D eigenvalue weighted by atomic mass is 9.92. The van der Waals surface area contributed by atoms with Crippen molar-refractivity contribution in [1.29, 1.82) is 0 Å². The molecule has 5 heteroatoms. The molecule has 1 aliphatic carbocycles. The van der Waals surface area contributed by atoms with E-state index in [1.54, 1.807) is 13.0 Å². The zero-order valence-electron chi connectivity index (χ0n) is 15.1. The van der Waals surface area contributed by atoms with E-state index in [0.717, 1.165) is 16.9 Å². The van der Waals surface area contributed by atoms with Gasteiger partial charge in [0.2, 0.25) is 5.96 Å². The van der Waals surface area contributed by atoms with Crippen molar-refractivity contribution in [1.82, 2.24) is 0 Å². The molecule has 0 aromatic heterocycles. The van der Waals surface area contributed by atoms with Gasteiger partial charge in [0.05, 0.1) is 17.4 Å². The molecular formula is C21H21N3O2. The van der Waals surface area contributed by atoms with Gasteiger partial charge < -0.3 is 10.5 Å². The van der Waals surface area contributed by atoms with Gasteiger partial charge in [-0.05, 0) is 26.8 Å². The van der Waals surface area contributed by atoms with E-state index in [1.807, 2.05) is 44.2 Å². The lowest BCUT2D eigenvalue weighted by Crippen LogP contribution is -2.30. The second kappa shape index (κ2) is 6.64. The van der Waals surface area contributed by atoms with E-state index in [0.29, 0.717) is 17.9 Å². The average Bonchev–Trinajstić information content (AvgIpc) is 2.87. The molecule has 1 heterocycles. The second-order valence-corrected chi connectivity index (χ2v) is 6.57. The Morgan fingerprint density at radius 3 is 2.65 bits per heavy atom. The number of allylic oxidation sites excluding steroid dienone is 3. The van der Waals surface area contributed by atoms with Crippen LogP contribution in [-0.2, 0) is 4.74 Å². The van der Waals surface area contributed by atoms with Gasteiger partial charge in [0.1, 0.15) is 12.1 Å². The number of carbonyl (C=O) groups excluding carboxylic acids is 1. The van der Waals surface area contributed by atoms with E-state index in [9.17, 15) is 4.79 Å². The molecule has 0 saturated carbocycles. The van der Waals surface area contributed by atoms with Gasteiger partial charge in [-0.1, -0.05) is 36.3 Å². The minimum absolute atomic E-state index is 0.0378. The first kappa shape index (κ1) is 17.7. The highest BCUT2D eigenvalue weighted by Crippen LogP contribution is 2.28. The fourth-order valence-corrected chi connectivity index (χ4v) is 3.05. The molecule has 2 aliphatic rings. The number of ketones is 1. The molecule has 3 rings (SSSR count). The Bertz CT molecular complexity index is 931. The third-order valence-electron chi connectivity index (χ3n) is 4.73. The molecule has 0 saturated heterocycles. The predicted molar refractivity (Wildman–Crippen MR) is 103 cm³/mol. The number of benzene rings is 1. The SMILES string of the molecule is C#CC(C)(N=C(N)/N=C1/c2ccccc2C(=O)C1C)C1=CC=C(C)OC1. The molecule has 5 nitrogen and oxygen atoms in total. The summed E-state index contributed by atoms with van der Waals surface area (Å²) in [5, 5.41) is 0. The smallest absolute Gasteiger partial charge is 0.217 e. The molecule has 0 fully saturated rings. The fourth-order valence-electron chi connectivity index (χ4n) is 3.05. The van der Waals surface area contributed by atoms with E-state index < -0.39 is 5.54 Å². The van der Waals surface area contributed by atoms with Gasteiger partial charge >= 0.3 is 0 Å². The van der Waals surface area contributed by atoms with Crippen molar-refractivity contribution in [3.63, 3.8) is 0 Å². The van der Waals surface area contributed by atoms with Crippen molar-refractivity contribution in [3.05, 3.63) is 58.9 Å². The zero-order valence-corrected chi connectivity index (χ0v) is 15.1. The molecule has 2 unspecified atom stereocenters. The van der Waals surface area contributed by atoms with Gasteiger partial charge in [-0.15, -0.1) is 6.42 Å². The summed E-state index contributed by atoms with van der Waals surface area (Å²) in [4.78, 5) is 21.3. The number of aliphatic imine (C=N–C) groups is 2. The monoisotopic (exact) mass is 347 g/mol. The van der Waals surface area contributed by atoms with E-state index >= 15 is 0 Å². The second-order valence-electron chi connectivity index (χ2n) is 6.57. The summed E-state index contributed by atoms with van der Waals surface area (Å²) in [5.41, 5.74) is 8.03. The molecule has 0 amide bonds. The molecule has 0 bridgehead atoms. The van der Waals surface area contributed by atoms with Crippen LogP contribution in [0.5, 0.6) is 0 Å². The van der Waals surface area contributed by atoms with Crippen LogP contribution in [0.3, 0.4) is 0 Å². The number of carbonyl (C=O) groups is 1. The van der Waals surface area contributed by atoms with E-state index in [-0.39, 0.29) is 17.7 Å². The number of fused-ring (bicyclic) bond motifs is 1. The normalized spacial score (nSPS) is 23.5. The average molecular weight is 347 g/mol. The first-order valence-electron chi connectivity index (χ1n) is 8.41. The summed E-state index contributed by atoms with van der Waals surface area (Å²) < 4.78 is 5.54. The van der Waals surface area contributed by atoms with Gasteiger partial charge in [-0.25, -0.2) is 9.98 Å². The zero-order chi connectivity index (χ0) is 18.9. The Labute approximate surface area is 153 Å². The highest BCUT2D eigenvalue weighted by molar-refractivity contribution is 6.29. The van der Waals surface area contributed by atoms with Gasteiger partial charge in [-0.3, -0.25) is 4.79 Å².